The number of hydrogen-bond donors (Lipinski definition) is 3. The molecule has 0 saturated heterocycles. The number of nitrogens with one attached hydrogen (secondary N) is 2. The van der Waals surface area contributed by atoms with Gasteiger partial charge in [0.1, 0.15) is 11.6 Å². The van der Waals surface area contributed by atoms with Crippen molar-refractivity contribution in [2.24, 2.45) is 0 Å². The third-order valence-corrected chi connectivity index (χ3v) is 3.64. The second kappa shape index (κ2) is 8.31. The molecule has 0 bridgehead atoms. The lowest BCUT2D eigenvalue weighted by atomic mass is 10.1. The van der Waals surface area contributed by atoms with E-state index in [1.54, 1.807) is 13.2 Å². The highest BCUT2D eigenvalue weighted by Gasteiger charge is 2.15. The second-order valence-corrected chi connectivity index (χ2v) is 5.39. The lowest BCUT2D eigenvalue weighted by Gasteiger charge is -2.18. The van der Waals surface area contributed by atoms with E-state index >= 15 is 0 Å². The van der Waals surface area contributed by atoms with Crippen molar-refractivity contribution in [3.8, 4) is 5.75 Å². The van der Waals surface area contributed by atoms with E-state index in [9.17, 15) is 14.3 Å². The maximum atomic E-state index is 13.1. The molecule has 0 aromatic heterocycles. The van der Waals surface area contributed by atoms with Gasteiger partial charge in [-0.25, -0.2) is 9.18 Å². The number of carbonyl (C=O) groups is 1. The Morgan fingerprint density at radius 1 is 1.25 bits per heavy atom. The smallest absolute Gasteiger partial charge is 0.315 e. The third-order valence-electron chi connectivity index (χ3n) is 3.64. The highest BCUT2D eigenvalue weighted by atomic mass is 19.1. The molecule has 0 aliphatic carbocycles. The second-order valence-electron chi connectivity index (χ2n) is 5.39. The van der Waals surface area contributed by atoms with Crippen LogP contribution in [0.15, 0.2) is 48.5 Å². The normalized spacial score (nSPS) is 13.0. The molecular formula is C18H21FN2O3. The first kappa shape index (κ1) is 17.7. The Balaban J connectivity index is 1.89. The van der Waals surface area contributed by atoms with Crippen LogP contribution in [-0.4, -0.2) is 24.8 Å². The van der Waals surface area contributed by atoms with Crippen molar-refractivity contribution < 1.29 is 19.0 Å². The van der Waals surface area contributed by atoms with E-state index in [2.05, 4.69) is 10.6 Å². The highest BCUT2D eigenvalue weighted by Crippen LogP contribution is 2.24. The predicted octanol–water partition coefficient (Wildman–Crippen LogP) is 2.93. The van der Waals surface area contributed by atoms with Gasteiger partial charge in [0.05, 0.1) is 19.3 Å². The number of hydrogen-bond acceptors (Lipinski definition) is 3. The standard InChI is InChI=1S/C18H21FN2O3/c1-12(15-8-3-4-9-17(15)24-2)21-18(23)20-11-16(22)13-6-5-7-14(19)10-13/h3-10,12,16,22H,11H2,1-2H3,(H2,20,21,23)/t12-,16-/m0/s1. The molecule has 0 heterocycles. The molecule has 0 aliphatic heterocycles. The van der Waals surface area contributed by atoms with Crippen LogP contribution in [-0.2, 0) is 0 Å². The van der Waals surface area contributed by atoms with Crippen LogP contribution in [0.2, 0.25) is 0 Å². The fraction of sp³-hybridized carbons (Fsp3) is 0.278. The Morgan fingerprint density at radius 3 is 2.71 bits per heavy atom. The van der Waals surface area contributed by atoms with Crippen LogP contribution in [0.1, 0.15) is 30.2 Å². The Bertz CT molecular complexity index is 693. The third kappa shape index (κ3) is 4.70. The van der Waals surface area contributed by atoms with Crippen LogP contribution in [0.4, 0.5) is 9.18 Å². The van der Waals surface area contributed by atoms with Crippen LogP contribution in [0, 0.1) is 5.82 Å². The summed E-state index contributed by atoms with van der Waals surface area (Å²) >= 11 is 0. The van der Waals surface area contributed by atoms with E-state index in [1.807, 2.05) is 31.2 Å². The number of aliphatic hydroxyl groups excluding tert-OH is 1. The summed E-state index contributed by atoms with van der Waals surface area (Å²) in [6, 6.07) is 12.3. The number of rotatable bonds is 6. The van der Waals surface area contributed by atoms with Crippen molar-refractivity contribution >= 4 is 6.03 Å². The summed E-state index contributed by atoms with van der Waals surface area (Å²) < 4.78 is 18.4. The maximum Gasteiger partial charge on any atom is 0.315 e. The fourth-order valence-electron chi connectivity index (χ4n) is 2.37. The molecule has 5 nitrogen and oxygen atoms in total. The number of carbonyl (C=O) groups excluding carboxylic acids is 1. The number of halogens is 1. The fourth-order valence-corrected chi connectivity index (χ4v) is 2.37. The minimum atomic E-state index is -0.979. The largest absolute Gasteiger partial charge is 0.496 e. The maximum absolute atomic E-state index is 13.1. The summed E-state index contributed by atoms with van der Waals surface area (Å²) in [5.41, 5.74) is 1.26. The van der Waals surface area contributed by atoms with Gasteiger partial charge in [-0.15, -0.1) is 0 Å². The van der Waals surface area contributed by atoms with Crippen molar-refractivity contribution in [1.82, 2.24) is 10.6 Å². The Hall–Kier alpha value is -2.60. The number of benzene rings is 2. The van der Waals surface area contributed by atoms with E-state index in [4.69, 9.17) is 4.74 Å². The first-order valence-corrected chi connectivity index (χ1v) is 7.62. The van der Waals surface area contributed by atoms with E-state index in [-0.39, 0.29) is 12.6 Å². The van der Waals surface area contributed by atoms with Crippen LogP contribution in [0.5, 0.6) is 5.75 Å². The molecule has 0 aliphatic rings. The summed E-state index contributed by atoms with van der Waals surface area (Å²) in [7, 11) is 1.57. The summed E-state index contributed by atoms with van der Waals surface area (Å²) in [6.07, 6.45) is -0.979. The highest BCUT2D eigenvalue weighted by molar-refractivity contribution is 5.74. The van der Waals surface area contributed by atoms with Gasteiger partial charge in [0, 0.05) is 12.1 Å². The average Bonchev–Trinajstić information content (AvgIpc) is 2.59. The molecular weight excluding hydrogens is 311 g/mol. The van der Waals surface area contributed by atoms with Gasteiger partial charge in [-0.3, -0.25) is 0 Å². The number of urea groups is 1. The molecule has 24 heavy (non-hydrogen) atoms. The SMILES string of the molecule is COc1ccccc1[C@H](C)NC(=O)NC[C@H](O)c1cccc(F)c1. The Morgan fingerprint density at radius 2 is 2.00 bits per heavy atom. The van der Waals surface area contributed by atoms with Gasteiger partial charge in [0.15, 0.2) is 0 Å². The summed E-state index contributed by atoms with van der Waals surface area (Å²) in [5, 5.41) is 15.3. The van der Waals surface area contributed by atoms with Crippen molar-refractivity contribution in [2.75, 3.05) is 13.7 Å². The van der Waals surface area contributed by atoms with E-state index in [0.29, 0.717) is 11.3 Å². The zero-order valence-corrected chi connectivity index (χ0v) is 13.6. The number of methoxy groups -OCH3 is 1. The average molecular weight is 332 g/mol. The summed E-state index contributed by atoms with van der Waals surface area (Å²) in [5.74, 6) is 0.255. The number of amides is 2. The molecule has 0 radical (unpaired) electrons. The number of para-hydroxylation sites is 1. The van der Waals surface area contributed by atoms with Crippen LogP contribution >= 0.6 is 0 Å². The monoisotopic (exact) mass is 332 g/mol. The molecule has 0 saturated carbocycles. The van der Waals surface area contributed by atoms with Crippen molar-refractivity contribution in [1.29, 1.82) is 0 Å². The zero-order valence-electron chi connectivity index (χ0n) is 13.6. The Labute approximate surface area is 140 Å². The molecule has 2 aromatic rings. The van der Waals surface area contributed by atoms with Crippen molar-refractivity contribution in [2.45, 2.75) is 19.1 Å². The quantitative estimate of drug-likeness (QED) is 0.762. The molecule has 3 N–H and O–H groups in total. The van der Waals surface area contributed by atoms with Gasteiger partial charge in [0.25, 0.3) is 0 Å². The first-order chi connectivity index (χ1) is 11.5. The summed E-state index contributed by atoms with van der Waals surface area (Å²) in [4.78, 5) is 12.0. The predicted molar refractivity (Wildman–Crippen MR) is 89.3 cm³/mol. The van der Waals surface area contributed by atoms with Crippen molar-refractivity contribution in [3.63, 3.8) is 0 Å². The number of aliphatic hydroxyl groups is 1. The molecule has 2 amide bonds. The molecule has 128 valence electrons. The van der Waals surface area contributed by atoms with E-state index < -0.39 is 18.0 Å². The van der Waals surface area contributed by atoms with Crippen LogP contribution in [0.25, 0.3) is 0 Å². The Kier molecular flexibility index (Phi) is 6.14. The van der Waals surface area contributed by atoms with Gasteiger partial charge in [-0.2, -0.15) is 0 Å². The van der Waals surface area contributed by atoms with E-state index in [1.165, 1.54) is 18.2 Å². The summed E-state index contributed by atoms with van der Waals surface area (Å²) in [6.45, 7) is 1.81. The zero-order chi connectivity index (χ0) is 17.5. The van der Waals surface area contributed by atoms with Gasteiger partial charge >= 0.3 is 6.03 Å². The molecule has 0 unspecified atom stereocenters. The van der Waals surface area contributed by atoms with Crippen LogP contribution in [0.3, 0.4) is 0 Å². The van der Waals surface area contributed by atoms with E-state index in [0.717, 1.165) is 5.56 Å². The first-order valence-electron chi connectivity index (χ1n) is 7.62. The molecule has 2 aromatic carbocycles. The number of ether oxygens (including phenoxy) is 1. The van der Waals surface area contributed by atoms with Gasteiger partial charge in [-0.1, -0.05) is 30.3 Å². The van der Waals surface area contributed by atoms with Crippen molar-refractivity contribution in [3.05, 3.63) is 65.5 Å². The lowest BCUT2D eigenvalue weighted by Crippen LogP contribution is -2.39. The van der Waals surface area contributed by atoms with Gasteiger partial charge < -0.3 is 20.5 Å². The minimum Gasteiger partial charge on any atom is -0.496 e. The topological polar surface area (TPSA) is 70.6 Å². The molecule has 0 fully saturated rings. The minimum absolute atomic E-state index is 0.0199. The molecule has 2 rings (SSSR count). The molecule has 0 spiro atoms. The van der Waals surface area contributed by atoms with Crippen LogP contribution < -0.4 is 15.4 Å². The lowest BCUT2D eigenvalue weighted by molar-refractivity contribution is 0.172. The molecule has 2 atom stereocenters. The van der Waals surface area contributed by atoms with Gasteiger partial charge in [0.2, 0.25) is 0 Å². The molecule has 6 heteroatoms. The van der Waals surface area contributed by atoms with Gasteiger partial charge in [-0.05, 0) is 30.7 Å².